The van der Waals surface area contributed by atoms with Gasteiger partial charge in [-0.05, 0) is 30.4 Å². The summed E-state index contributed by atoms with van der Waals surface area (Å²) in [6.45, 7) is -7.17. The largest absolute Gasteiger partial charge is 0.367 e. The Kier molecular flexibility index (Phi) is 1.72. The molecular weight excluding hydrogens is 270 g/mol. The maximum Gasteiger partial charge on any atom is 0.127 e. The summed E-state index contributed by atoms with van der Waals surface area (Å²) in [5.74, 6) is 0. The zero-order valence-electron chi connectivity index (χ0n) is 24.5. The molecule has 22 heavy (non-hydrogen) atoms. The van der Waals surface area contributed by atoms with Gasteiger partial charge in [0.1, 0.15) is 5.54 Å². The Morgan fingerprint density at radius 3 is 2.50 bits per heavy atom. The van der Waals surface area contributed by atoms with Gasteiger partial charge in [-0.1, -0.05) is 48.5 Å². The standard InChI is InChI=1S/C19H21N3/c20-16-19(21-18-9-5-2-6-10-18)11-13-22(14-12-19)15-17-7-3-1-4-8-17/h1-10,21H,11-15H2/i2D,5D,6D,9D,10D,11D2,12D2,13D2,14D2. The van der Waals surface area contributed by atoms with E-state index >= 15 is 0 Å². The molecule has 0 saturated carbocycles. The first kappa shape index (κ1) is 5.72. The highest BCUT2D eigenvalue weighted by molar-refractivity contribution is 5.47. The minimum Gasteiger partial charge on any atom is -0.367 e. The second kappa shape index (κ2) is 6.64. The topological polar surface area (TPSA) is 39.1 Å². The van der Waals surface area contributed by atoms with Crippen LogP contribution in [0.25, 0.3) is 0 Å². The van der Waals surface area contributed by atoms with Gasteiger partial charge in [0.15, 0.2) is 0 Å². The third kappa shape index (κ3) is 3.47. The lowest BCUT2D eigenvalue weighted by Crippen LogP contribution is -2.48. The Labute approximate surface area is 150 Å². The number of para-hydroxylation sites is 1. The molecule has 0 aromatic heterocycles. The van der Waals surface area contributed by atoms with E-state index in [2.05, 4.69) is 0 Å². The smallest absolute Gasteiger partial charge is 0.127 e. The van der Waals surface area contributed by atoms with Crippen LogP contribution < -0.4 is 5.32 Å². The van der Waals surface area contributed by atoms with E-state index in [-0.39, 0.29) is 0 Å². The summed E-state index contributed by atoms with van der Waals surface area (Å²) in [6, 6.07) is 4.92. The van der Waals surface area contributed by atoms with E-state index in [1.807, 2.05) is 5.32 Å². The molecule has 2 aromatic carbocycles. The number of nitrogens with one attached hydrogen (secondary N) is 1. The fourth-order valence-corrected chi connectivity index (χ4v) is 1.85. The molecule has 3 nitrogen and oxygen atoms in total. The lowest BCUT2D eigenvalue weighted by Gasteiger charge is -2.38. The molecule has 0 radical (unpaired) electrons. The molecule has 112 valence electrons. The van der Waals surface area contributed by atoms with Gasteiger partial charge in [0, 0.05) is 36.2 Å². The van der Waals surface area contributed by atoms with Crippen molar-refractivity contribution < 1.29 is 17.8 Å². The minimum atomic E-state index is -3.51. The summed E-state index contributed by atoms with van der Waals surface area (Å²) in [4.78, 5) is 0.356. The van der Waals surface area contributed by atoms with Crippen molar-refractivity contribution in [1.82, 2.24) is 4.90 Å². The fourth-order valence-electron chi connectivity index (χ4n) is 1.85. The Morgan fingerprint density at radius 2 is 1.86 bits per heavy atom. The predicted molar refractivity (Wildman–Crippen MR) is 89.4 cm³/mol. The van der Waals surface area contributed by atoms with Crippen LogP contribution in [0.4, 0.5) is 5.69 Å². The molecule has 1 fully saturated rings. The van der Waals surface area contributed by atoms with Gasteiger partial charge in [-0.25, -0.2) is 0 Å². The van der Waals surface area contributed by atoms with Crippen LogP contribution in [0, 0.1) is 11.3 Å². The monoisotopic (exact) mass is 304 g/mol. The minimum absolute atomic E-state index is 0.356. The third-order valence-corrected chi connectivity index (χ3v) is 2.92. The molecule has 1 aliphatic heterocycles. The number of nitrogens with zero attached hydrogens (tertiary/aromatic N) is 2. The van der Waals surface area contributed by atoms with Gasteiger partial charge in [-0.3, -0.25) is 4.90 Å². The second-order valence-electron chi connectivity index (χ2n) is 4.53. The molecule has 1 aliphatic rings. The van der Waals surface area contributed by atoms with Crippen LogP contribution in [0.15, 0.2) is 60.5 Å². The highest BCUT2D eigenvalue weighted by Gasteiger charge is 2.34. The van der Waals surface area contributed by atoms with Crippen molar-refractivity contribution in [1.29, 1.82) is 5.26 Å². The van der Waals surface area contributed by atoms with Crippen LogP contribution in [0.1, 0.15) is 36.1 Å². The second-order valence-corrected chi connectivity index (χ2v) is 4.53. The van der Waals surface area contributed by atoms with Gasteiger partial charge in [0.05, 0.1) is 12.9 Å². The highest BCUT2D eigenvalue weighted by atomic mass is 15.2. The summed E-state index contributed by atoms with van der Waals surface area (Å²) in [5, 5.41) is 12.1. The Bertz CT molecular complexity index is 1130. The molecule has 1 heterocycles. The molecule has 0 aliphatic carbocycles. The van der Waals surface area contributed by atoms with Gasteiger partial charge in [-0.15, -0.1) is 0 Å². The number of anilines is 1. The molecule has 3 rings (SSSR count). The maximum atomic E-state index is 10.1. The number of benzene rings is 2. The normalized spacial score (nSPS) is 35.3. The number of piperidine rings is 1. The number of rotatable bonds is 4. The zero-order chi connectivity index (χ0) is 26.8. The lowest BCUT2D eigenvalue weighted by atomic mass is 9.88. The number of nitriles is 1. The summed E-state index contributed by atoms with van der Waals surface area (Å²) < 4.78 is 108. The van der Waals surface area contributed by atoms with E-state index in [4.69, 9.17) is 17.8 Å². The van der Waals surface area contributed by atoms with Gasteiger partial charge in [-0.2, -0.15) is 5.26 Å². The van der Waals surface area contributed by atoms with Crippen LogP contribution >= 0.6 is 0 Å². The molecule has 0 spiro atoms. The van der Waals surface area contributed by atoms with Crippen molar-refractivity contribution in [3.05, 3.63) is 66.1 Å². The Morgan fingerprint density at radius 1 is 1.18 bits per heavy atom. The average molecular weight is 304 g/mol. The average Bonchev–Trinajstić information content (AvgIpc) is 2.79. The summed E-state index contributed by atoms with van der Waals surface area (Å²) >= 11 is 0. The first-order valence-corrected chi connectivity index (χ1v) is 6.50. The van der Waals surface area contributed by atoms with Crippen molar-refractivity contribution in [2.75, 3.05) is 18.3 Å². The summed E-state index contributed by atoms with van der Waals surface area (Å²) in [6.07, 6.45) is -7.02. The van der Waals surface area contributed by atoms with Gasteiger partial charge >= 0.3 is 0 Å². The summed E-state index contributed by atoms with van der Waals surface area (Å²) in [5.41, 5.74) is -3.86. The quantitative estimate of drug-likeness (QED) is 0.937. The third-order valence-electron chi connectivity index (χ3n) is 2.92. The van der Waals surface area contributed by atoms with E-state index in [1.165, 1.54) is 18.2 Å². The molecule has 0 unspecified atom stereocenters. The van der Waals surface area contributed by atoms with Crippen LogP contribution in [0.5, 0.6) is 0 Å². The zero-order valence-corrected chi connectivity index (χ0v) is 11.5. The highest BCUT2D eigenvalue weighted by Crippen LogP contribution is 2.27. The van der Waals surface area contributed by atoms with Crippen molar-refractivity contribution >= 4 is 5.69 Å². The van der Waals surface area contributed by atoms with E-state index in [1.54, 1.807) is 18.2 Å². The molecule has 1 saturated heterocycles. The van der Waals surface area contributed by atoms with Crippen molar-refractivity contribution in [3.8, 4) is 6.07 Å². The Hall–Kier alpha value is -2.31. The molecule has 0 bridgehead atoms. The number of hydrogen-bond acceptors (Lipinski definition) is 3. The molecule has 2 aromatic rings. The molecule has 1 N–H and O–H groups in total. The predicted octanol–water partition coefficient (Wildman–Crippen LogP) is 3.66. The van der Waals surface area contributed by atoms with Crippen molar-refractivity contribution in [3.63, 3.8) is 0 Å². The van der Waals surface area contributed by atoms with Gasteiger partial charge < -0.3 is 5.32 Å². The molecule has 3 heteroatoms. The molecule has 0 atom stereocenters. The fraction of sp³-hybridized carbons (Fsp3) is 0.316. The maximum absolute atomic E-state index is 10.1. The van der Waals surface area contributed by atoms with Crippen molar-refractivity contribution in [2.24, 2.45) is 0 Å². The molecule has 0 amide bonds. The van der Waals surface area contributed by atoms with Gasteiger partial charge in [0.25, 0.3) is 0 Å². The van der Waals surface area contributed by atoms with Gasteiger partial charge in [0.2, 0.25) is 0 Å². The SMILES string of the molecule is [2H]c1c([2H])c([2H])c(NC2(C#N)C([2H])([2H])C([2H])([2H])N(Cc3ccccc3)C([2H])([2H])C2([2H])[2H])c([2H])c1[2H]. The van der Waals surface area contributed by atoms with Crippen LogP contribution in [0.3, 0.4) is 0 Å². The van der Waals surface area contributed by atoms with Crippen molar-refractivity contribution in [2.45, 2.75) is 24.8 Å². The summed E-state index contributed by atoms with van der Waals surface area (Å²) in [7, 11) is 0. The van der Waals surface area contributed by atoms with E-state index in [0.29, 0.717) is 10.5 Å². The van der Waals surface area contributed by atoms with Crippen LogP contribution in [0.2, 0.25) is 0 Å². The van der Waals surface area contributed by atoms with Crippen LogP contribution in [-0.2, 0) is 6.54 Å². The van der Waals surface area contributed by atoms with Crippen LogP contribution in [-0.4, -0.2) is 23.4 Å². The number of likely N-dealkylation sites (tertiary alicyclic amines) is 1. The van der Waals surface area contributed by atoms with E-state index < -0.39 is 73.7 Å². The molecular formula is C19H21N3. The first-order valence-electron chi connectivity index (χ1n) is 13.0. The lowest BCUT2D eigenvalue weighted by molar-refractivity contribution is 0.189. The number of hydrogen-bond donors (Lipinski definition) is 1. The first-order chi connectivity index (χ1) is 15.9. The van der Waals surface area contributed by atoms with E-state index in [0.717, 1.165) is 0 Å². The van der Waals surface area contributed by atoms with E-state index in [9.17, 15) is 5.26 Å². The Balaban J connectivity index is 2.29.